The molecule has 130 valence electrons. The van der Waals surface area contributed by atoms with Crippen molar-refractivity contribution >= 4 is 39.7 Å². The number of nitrogens with zero attached hydrogens (tertiary/aromatic N) is 2. The Morgan fingerprint density at radius 1 is 1.36 bits per heavy atom. The van der Waals surface area contributed by atoms with E-state index in [1.54, 1.807) is 34.4 Å². The highest BCUT2D eigenvalue weighted by Crippen LogP contribution is 2.16. The first-order valence-electron chi connectivity index (χ1n) is 8.05. The molecule has 2 aromatic heterocycles. The molecule has 25 heavy (non-hydrogen) atoms. The van der Waals surface area contributed by atoms with Crippen molar-refractivity contribution in [2.45, 2.75) is 26.3 Å². The number of fused-ring (bicyclic) bond motifs is 1. The zero-order valence-electron chi connectivity index (χ0n) is 13.8. The van der Waals surface area contributed by atoms with Crippen LogP contribution in [0.5, 0.6) is 0 Å². The number of halogens is 1. The zero-order valence-corrected chi connectivity index (χ0v) is 15.4. The van der Waals surface area contributed by atoms with E-state index in [1.165, 1.54) is 0 Å². The number of H-pyrrole nitrogens is 1. The second kappa shape index (κ2) is 7.80. The summed E-state index contributed by atoms with van der Waals surface area (Å²) in [5.74, 6) is 0.492. The Labute approximate surface area is 154 Å². The molecule has 0 aliphatic heterocycles. The van der Waals surface area contributed by atoms with Crippen LogP contribution in [0.2, 0.25) is 5.02 Å². The molecular formula is C18H18ClN3O2S. The minimum absolute atomic E-state index is 0.0261. The number of aromatic amines is 1. The van der Waals surface area contributed by atoms with Crippen LogP contribution >= 0.6 is 22.9 Å². The van der Waals surface area contributed by atoms with Crippen molar-refractivity contribution in [1.29, 1.82) is 0 Å². The number of hydrogen-bond acceptors (Lipinski definition) is 4. The molecule has 2 heterocycles. The fraction of sp³-hybridized carbons (Fsp3) is 0.278. The topological polar surface area (TPSA) is 66.1 Å². The number of nitrogens with one attached hydrogen (secondary N) is 1. The zero-order chi connectivity index (χ0) is 17.8. The summed E-state index contributed by atoms with van der Waals surface area (Å²) in [4.78, 5) is 34.8. The first-order valence-corrected chi connectivity index (χ1v) is 9.31. The van der Waals surface area contributed by atoms with Gasteiger partial charge in [-0.05, 0) is 36.1 Å². The van der Waals surface area contributed by atoms with Crippen LogP contribution in [0, 0.1) is 0 Å². The number of rotatable bonds is 6. The molecule has 0 aliphatic rings. The molecule has 0 saturated heterocycles. The van der Waals surface area contributed by atoms with Gasteiger partial charge in [0.25, 0.3) is 5.56 Å². The SMILES string of the molecule is CCCN(Cc1nc2cc(Cl)ccc2c(=O)[nH]1)C(=O)Cc1cccs1. The van der Waals surface area contributed by atoms with E-state index >= 15 is 0 Å². The van der Waals surface area contributed by atoms with Crippen molar-refractivity contribution in [3.8, 4) is 0 Å². The number of amides is 1. The smallest absolute Gasteiger partial charge is 0.258 e. The summed E-state index contributed by atoms with van der Waals surface area (Å²) in [6.07, 6.45) is 1.20. The Kier molecular flexibility index (Phi) is 5.50. The first-order chi connectivity index (χ1) is 12.1. The van der Waals surface area contributed by atoms with Crippen LogP contribution in [0.3, 0.4) is 0 Å². The molecule has 0 radical (unpaired) electrons. The Balaban J connectivity index is 1.85. The monoisotopic (exact) mass is 375 g/mol. The lowest BCUT2D eigenvalue weighted by Crippen LogP contribution is -2.33. The van der Waals surface area contributed by atoms with E-state index in [1.807, 2.05) is 24.4 Å². The molecule has 0 saturated carbocycles. The maximum absolute atomic E-state index is 12.6. The van der Waals surface area contributed by atoms with Gasteiger partial charge < -0.3 is 9.88 Å². The Hall–Kier alpha value is -2.18. The van der Waals surface area contributed by atoms with Crippen molar-refractivity contribution in [2.75, 3.05) is 6.54 Å². The highest BCUT2D eigenvalue weighted by atomic mass is 35.5. The van der Waals surface area contributed by atoms with E-state index in [0.717, 1.165) is 11.3 Å². The van der Waals surface area contributed by atoms with Gasteiger partial charge in [-0.1, -0.05) is 24.6 Å². The number of aromatic nitrogens is 2. The lowest BCUT2D eigenvalue weighted by Gasteiger charge is -2.21. The Morgan fingerprint density at radius 3 is 2.92 bits per heavy atom. The van der Waals surface area contributed by atoms with E-state index < -0.39 is 0 Å². The second-order valence-electron chi connectivity index (χ2n) is 5.75. The van der Waals surface area contributed by atoms with Crippen LogP contribution in [0.25, 0.3) is 10.9 Å². The van der Waals surface area contributed by atoms with Crippen LogP contribution in [-0.2, 0) is 17.8 Å². The molecule has 0 aliphatic carbocycles. The molecule has 3 rings (SSSR count). The maximum Gasteiger partial charge on any atom is 0.258 e. The van der Waals surface area contributed by atoms with Gasteiger partial charge in [-0.25, -0.2) is 4.98 Å². The number of hydrogen-bond donors (Lipinski definition) is 1. The van der Waals surface area contributed by atoms with Gasteiger partial charge in [0.1, 0.15) is 5.82 Å². The number of carbonyl (C=O) groups excluding carboxylic acids is 1. The summed E-state index contributed by atoms with van der Waals surface area (Å²) in [7, 11) is 0. The van der Waals surface area contributed by atoms with Crippen LogP contribution < -0.4 is 5.56 Å². The number of thiophene rings is 1. The van der Waals surface area contributed by atoms with E-state index in [-0.39, 0.29) is 18.0 Å². The third kappa shape index (κ3) is 4.27. The molecule has 1 aromatic carbocycles. The summed E-state index contributed by atoms with van der Waals surface area (Å²) in [6.45, 7) is 2.90. The molecule has 0 fully saturated rings. The summed E-state index contributed by atoms with van der Waals surface area (Å²) in [5, 5.41) is 2.97. The molecule has 0 bridgehead atoms. The Bertz CT molecular complexity index is 937. The Morgan fingerprint density at radius 2 is 2.20 bits per heavy atom. The van der Waals surface area contributed by atoms with Crippen molar-refractivity contribution < 1.29 is 4.79 Å². The second-order valence-corrected chi connectivity index (χ2v) is 7.21. The van der Waals surface area contributed by atoms with Gasteiger partial charge in [0.15, 0.2) is 0 Å². The third-order valence-electron chi connectivity index (χ3n) is 3.81. The molecule has 5 nitrogen and oxygen atoms in total. The van der Waals surface area contributed by atoms with Gasteiger partial charge in [-0.15, -0.1) is 11.3 Å². The summed E-state index contributed by atoms with van der Waals surface area (Å²) in [6, 6.07) is 8.86. The summed E-state index contributed by atoms with van der Waals surface area (Å²) < 4.78 is 0. The molecular weight excluding hydrogens is 358 g/mol. The average Bonchev–Trinajstić information content (AvgIpc) is 3.07. The first kappa shape index (κ1) is 17.6. The highest BCUT2D eigenvalue weighted by Gasteiger charge is 2.16. The molecule has 7 heteroatoms. The lowest BCUT2D eigenvalue weighted by molar-refractivity contribution is -0.131. The minimum atomic E-state index is -0.223. The van der Waals surface area contributed by atoms with E-state index in [2.05, 4.69) is 9.97 Å². The van der Waals surface area contributed by atoms with Gasteiger partial charge in [0.05, 0.1) is 23.9 Å². The van der Waals surface area contributed by atoms with Crippen LogP contribution in [0.1, 0.15) is 24.0 Å². The van der Waals surface area contributed by atoms with Gasteiger partial charge in [0, 0.05) is 16.4 Å². The van der Waals surface area contributed by atoms with Crippen molar-refractivity contribution in [3.63, 3.8) is 0 Å². The van der Waals surface area contributed by atoms with Crippen molar-refractivity contribution in [1.82, 2.24) is 14.9 Å². The average molecular weight is 376 g/mol. The predicted octanol–water partition coefficient (Wildman–Crippen LogP) is 3.62. The minimum Gasteiger partial charge on any atom is -0.335 e. The predicted molar refractivity (Wildman–Crippen MR) is 101 cm³/mol. The molecule has 0 atom stereocenters. The summed E-state index contributed by atoms with van der Waals surface area (Å²) >= 11 is 7.56. The van der Waals surface area contributed by atoms with Crippen molar-refractivity contribution in [2.24, 2.45) is 0 Å². The maximum atomic E-state index is 12.6. The standard InChI is InChI=1S/C18H18ClN3O2S/c1-2-7-22(17(23)10-13-4-3-8-25-13)11-16-20-15-9-12(19)5-6-14(15)18(24)21-16/h3-6,8-9H,2,7,10-11H2,1H3,(H,20,21,24). The van der Waals surface area contributed by atoms with Gasteiger partial charge >= 0.3 is 0 Å². The number of carbonyl (C=O) groups is 1. The van der Waals surface area contributed by atoms with Crippen molar-refractivity contribution in [3.05, 3.63) is 61.8 Å². The number of benzene rings is 1. The largest absolute Gasteiger partial charge is 0.335 e. The molecule has 1 N–H and O–H groups in total. The molecule has 1 amide bonds. The third-order valence-corrected chi connectivity index (χ3v) is 4.92. The van der Waals surface area contributed by atoms with Crippen LogP contribution in [-0.4, -0.2) is 27.3 Å². The quantitative estimate of drug-likeness (QED) is 0.715. The van der Waals surface area contributed by atoms with E-state index in [9.17, 15) is 9.59 Å². The van der Waals surface area contributed by atoms with Gasteiger partial charge in [-0.3, -0.25) is 9.59 Å². The molecule has 0 unspecified atom stereocenters. The van der Waals surface area contributed by atoms with Gasteiger partial charge in [-0.2, -0.15) is 0 Å². The van der Waals surface area contributed by atoms with Gasteiger partial charge in [0.2, 0.25) is 5.91 Å². The fourth-order valence-electron chi connectivity index (χ4n) is 2.65. The molecule has 3 aromatic rings. The highest BCUT2D eigenvalue weighted by molar-refractivity contribution is 7.10. The normalized spacial score (nSPS) is 11.0. The van der Waals surface area contributed by atoms with E-state index in [4.69, 9.17) is 11.6 Å². The van der Waals surface area contributed by atoms with Crippen LogP contribution in [0.15, 0.2) is 40.5 Å². The molecule has 0 spiro atoms. The fourth-order valence-corrected chi connectivity index (χ4v) is 3.51. The lowest BCUT2D eigenvalue weighted by atomic mass is 10.2. The summed E-state index contributed by atoms with van der Waals surface area (Å²) in [5.41, 5.74) is 0.312. The van der Waals surface area contributed by atoms with E-state index in [0.29, 0.717) is 34.7 Å². The van der Waals surface area contributed by atoms with Crippen LogP contribution in [0.4, 0.5) is 0 Å².